The Bertz CT molecular complexity index is 439. The molecule has 0 spiro atoms. The molecular weight excluding hydrogens is 200 g/mol. The number of benzene rings is 1. The summed E-state index contributed by atoms with van der Waals surface area (Å²) in [5.41, 5.74) is 1.06. The number of hydrogen-bond donors (Lipinski definition) is 1. The molecule has 0 aliphatic heterocycles. The third-order valence-corrected chi connectivity index (χ3v) is 2.09. The fourth-order valence-corrected chi connectivity index (χ4v) is 1.47. The van der Waals surface area contributed by atoms with E-state index in [1.165, 1.54) is 6.20 Å². The minimum Gasteiger partial charge on any atom is -0.505 e. The molecule has 2 aromatic rings. The molecule has 0 aliphatic carbocycles. The molecule has 1 N–H and O–H groups in total. The van der Waals surface area contributed by atoms with E-state index < -0.39 is 0 Å². The van der Waals surface area contributed by atoms with Crippen LogP contribution in [0, 0.1) is 0 Å². The van der Waals surface area contributed by atoms with E-state index >= 15 is 0 Å². The van der Waals surface area contributed by atoms with E-state index in [-0.39, 0.29) is 5.75 Å². The summed E-state index contributed by atoms with van der Waals surface area (Å²) >= 11 is 5.84. The van der Waals surface area contributed by atoms with Crippen LogP contribution >= 0.6 is 11.6 Å². The molecule has 4 heteroatoms. The van der Waals surface area contributed by atoms with Crippen molar-refractivity contribution in [3.63, 3.8) is 0 Å². The van der Waals surface area contributed by atoms with Gasteiger partial charge in [0, 0.05) is 5.02 Å². The van der Waals surface area contributed by atoms with Crippen molar-refractivity contribution in [3.05, 3.63) is 47.2 Å². The van der Waals surface area contributed by atoms with E-state index in [0.717, 1.165) is 5.56 Å². The summed E-state index contributed by atoms with van der Waals surface area (Å²) in [5.74, 6) is 0.173. The second-order valence-electron chi connectivity index (χ2n) is 3.03. The standard InChI is InChI=1S/C10H9ClN2O/c11-9-3-1-2-8(4-9)6-13-7-10(14)5-12-13/h1-5,7,14H,6H2. The molecule has 3 nitrogen and oxygen atoms in total. The van der Waals surface area contributed by atoms with Gasteiger partial charge < -0.3 is 5.11 Å². The van der Waals surface area contributed by atoms with Crippen LogP contribution in [-0.2, 0) is 6.54 Å². The number of rotatable bonds is 2. The van der Waals surface area contributed by atoms with E-state index in [4.69, 9.17) is 16.7 Å². The lowest BCUT2D eigenvalue weighted by atomic mass is 10.2. The van der Waals surface area contributed by atoms with Gasteiger partial charge in [-0.05, 0) is 17.7 Å². The monoisotopic (exact) mass is 208 g/mol. The van der Waals surface area contributed by atoms with Crippen molar-refractivity contribution in [2.24, 2.45) is 0 Å². The molecule has 0 saturated carbocycles. The second kappa shape index (κ2) is 3.72. The van der Waals surface area contributed by atoms with Crippen LogP contribution in [0.2, 0.25) is 5.02 Å². The van der Waals surface area contributed by atoms with Crippen LogP contribution in [0.5, 0.6) is 5.75 Å². The normalized spacial score (nSPS) is 10.4. The summed E-state index contributed by atoms with van der Waals surface area (Å²) in [6.45, 7) is 0.612. The van der Waals surface area contributed by atoms with Gasteiger partial charge in [0.05, 0.1) is 18.9 Å². The molecule has 0 atom stereocenters. The molecule has 0 unspecified atom stereocenters. The molecule has 1 heterocycles. The Labute approximate surface area is 86.6 Å². The molecule has 0 radical (unpaired) electrons. The number of aromatic nitrogens is 2. The van der Waals surface area contributed by atoms with Crippen molar-refractivity contribution in [1.82, 2.24) is 9.78 Å². The molecule has 14 heavy (non-hydrogen) atoms. The Kier molecular flexibility index (Phi) is 2.41. The van der Waals surface area contributed by atoms with Crippen molar-refractivity contribution in [2.75, 3.05) is 0 Å². The van der Waals surface area contributed by atoms with Gasteiger partial charge in [-0.2, -0.15) is 5.10 Å². The molecule has 0 aliphatic rings. The number of hydrogen-bond acceptors (Lipinski definition) is 2. The second-order valence-corrected chi connectivity index (χ2v) is 3.46. The molecule has 1 aromatic carbocycles. The van der Waals surface area contributed by atoms with Crippen molar-refractivity contribution >= 4 is 11.6 Å². The lowest BCUT2D eigenvalue weighted by Gasteiger charge is -2.01. The highest BCUT2D eigenvalue weighted by Gasteiger charge is 1.98. The first-order chi connectivity index (χ1) is 6.74. The molecule has 0 saturated heterocycles. The molecule has 72 valence electrons. The summed E-state index contributed by atoms with van der Waals surface area (Å²) in [5, 5.41) is 13.7. The summed E-state index contributed by atoms with van der Waals surface area (Å²) in [7, 11) is 0. The zero-order chi connectivity index (χ0) is 9.97. The zero-order valence-electron chi connectivity index (χ0n) is 7.39. The first-order valence-electron chi connectivity index (χ1n) is 4.20. The average Bonchev–Trinajstić information content (AvgIpc) is 2.51. The third-order valence-electron chi connectivity index (χ3n) is 1.85. The van der Waals surface area contributed by atoms with E-state index in [0.29, 0.717) is 11.6 Å². The first-order valence-corrected chi connectivity index (χ1v) is 4.58. The predicted octanol–water partition coefficient (Wildman–Crippen LogP) is 2.29. The Morgan fingerprint density at radius 3 is 2.93 bits per heavy atom. The highest BCUT2D eigenvalue weighted by Crippen LogP contribution is 2.12. The van der Waals surface area contributed by atoms with Gasteiger partial charge >= 0.3 is 0 Å². The molecule has 0 bridgehead atoms. The smallest absolute Gasteiger partial charge is 0.153 e. The minimum absolute atomic E-state index is 0.173. The van der Waals surface area contributed by atoms with Gasteiger partial charge in [-0.15, -0.1) is 0 Å². The maximum absolute atomic E-state index is 9.08. The van der Waals surface area contributed by atoms with Gasteiger partial charge in [0.15, 0.2) is 5.75 Å². The van der Waals surface area contributed by atoms with Gasteiger partial charge in [0.2, 0.25) is 0 Å². The van der Waals surface area contributed by atoms with E-state index in [9.17, 15) is 0 Å². The number of halogens is 1. The summed E-state index contributed by atoms with van der Waals surface area (Å²) in [4.78, 5) is 0. The maximum Gasteiger partial charge on any atom is 0.153 e. The molecule has 2 rings (SSSR count). The highest BCUT2D eigenvalue weighted by molar-refractivity contribution is 6.30. The lowest BCUT2D eigenvalue weighted by Crippen LogP contribution is -1.99. The Balaban J connectivity index is 2.18. The average molecular weight is 209 g/mol. The van der Waals surface area contributed by atoms with Crippen LogP contribution in [0.4, 0.5) is 0 Å². The van der Waals surface area contributed by atoms with Crippen LogP contribution in [0.25, 0.3) is 0 Å². The maximum atomic E-state index is 9.08. The SMILES string of the molecule is Oc1cnn(Cc2cccc(Cl)c2)c1. The topological polar surface area (TPSA) is 38.1 Å². The van der Waals surface area contributed by atoms with Crippen LogP contribution < -0.4 is 0 Å². The largest absolute Gasteiger partial charge is 0.505 e. The lowest BCUT2D eigenvalue weighted by molar-refractivity contribution is 0.474. The minimum atomic E-state index is 0.173. The summed E-state index contributed by atoms with van der Waals surface area (Å²) in [6, 6.07) is 7.55. The molecule has 0 fully saturated rings. The van der Waals surface area contributed by atoms with Crippen LogP contribution in [0.15, 0.2) is 36.7 Å². The van der Waals surface area contributed by atoms with Gasteiger partial charge in [-0.25, -0.2) is 0 Å². The number of aromatic hydroxyl groups is 1. The first kappa shape index (κ1) is 9.09. The van der Waals surface area contributed by atoms with E-state index in [2.05, 4.69) is 5.10 Å². The summed E-state index contributed by atoms with van der Waals surface area (Å²) in [6.07, 6.45) is 2.98. The fraction of sp³-hybridized carbons (Fsp3) is 0.100. The Morgan fingerprint density at radius 1 is 1.43 bits per heavy atom. The molecule has 1 aromatic heterocycles. The predicted molar refractivity (Wildman–Crippen MR) is 54.4 cm³/mol. The molecular formula is C10H9ClN2O. The van der Waals surface area contributed by atoms with Crippen molar-refractivity contribution in [1.29, 1.82) is 0 Å². The highest BCUT2D eigenvalue weighted by atomic mass is 35.5. The summed E-state index contributed by atoms with van der Waals surface area (Å²) < 4.78 is 1.65. The van der Waals surface area contributed by atoms with E-state index in [1.54, 1.807) is 10.9 Å². The molecule has 0 amide bonds. The van der Waals surface area contributed by atoms with Gasteiger partial charge in [0.1, 0.15) is 0 Å². The van der Waals surface area contributed by atoms with Crippen molar-refractivity contribution < 1.29 is 5.11 Å². The van der Waals surface area contributed by atoms with Gasteiger partial charge in [-0.1, -0.05) is 23.7 Å². The Hall–Kier alpha value is -1.48. The van der Waals surface area contributed by atoms with Crippen LogP contribution in [0.3, 0.4) is 0 Å². The van der Waals surface area contributed by atoms with Gasteiger partial charge in [-0.3, -0.25) is 4.68 Å². The number of nitrogens with zero attached hydrogens (tertiary/aromatic N) is 2. The van der Waals surface area contributed by atoms with Crippen LogP contribution in [0.1, 0.15) is 5.56 Å². The zero-order valence-corrected chi connectivity index (χ0v) is 8.15. The van der Waals surface area contributed by atoms with Gasteiger partial charge in [0.25, 0.3) is 0 Å². The fourth-order valence-electron chi connectivity index (χ4n) is 1.26. The Morgan fingerprint density at radius 2 is 2.29 bits per heavy atom. The van der Waals surface area contributed by atoms with E-state index in [1.807, 2.05) is 24.3 Å². The quantitative estimate of drug-likeness (QED) is 0.823. The van der Waals surface area contributed by atoms with Crippen LogP contribution in [-0.4, -0.2) is 14.9 Å². The van der Waals surface area contributed by atoms with Crippen molar-refractivity contribution in [2.45, 2.75) is 6.54 Å². The third kappa shape index (κ3) is 2.06. The van der Waals surface area contributed by atoms with Crippen molar-refractivity contribution in [3.8, 4) is 5.75 Å².